The van der Waals surface area contributed by atoms with Crippen LogP contribution >= 0.6 is 0 Å². The highest BCUT2D eigenvalue weighted by Crippen LogP contribution is 2.19. The monoisotopic (exact) mass is 303 g/mol. The zero-order chi connectivity index (χ0) is 15.9. The Kier molecular flexibility index (Phi) is 11.4. The lowest BCUT2D eigenvalue weighted by atomic mass is 10.1. The summed E-state index contributed by atoms with van der Waals surface area (Å²) in [7, 11) is 1.72. The predicted octanol–water partition coefficient (Wildman–Crippen LogP) is 5.57. The molecule has 0 amide bonds. The first-order valence-electron chi connectivity index (χ1n) is 8.88. The van der Waals surface area contributed by atoms with Crippen molar-refractivity contribution in [1.29, 1.82) is 0 Å². The van der Waals surface area contributed by atoms with Crippen molar-refractivity contribution in [2.45, 2.75) is 64.2 Å². The summed E-state index contributed by atoms with van der Waals surface area (Å²) in [5.74, 6) is 0.952. The molecule has 0 fully saturated rings. The van der Waals surface area contributed by atoms with Crippen LogP contribution in [0, 0.1) is 0 Å². The summed E-state index contributed by atoms with van der Waals surface area (Å²) in [4.78, 5) is 0. The molecular weight excluding hydrogens is 270 g/mol. The number of benzene rings is 1. The molecule has 0 aliphatic carbocycles. The van der Waals surface area contributed by atoms with E-state index < -0.39 is 0 Å². The van der Waals surface area contributed by atoms with Crippen LogP contribution in [0.1, 0.15) is 69.8 Å². The summed E-state index contributed by atoms with van der Waals surface area (Å²) in [5, 5.41) is 0. The largest absolute Gasteiger partial charge is 0.496 e. The zero-order valence-electron chi connectivity index (χ0n) is 14.2. The van der Waals surface area contributed by atoms with Gasteiger partial charge in [-0.25, -0.2) is 0 Å². The first-order valence-corrected chi connectivity index (χ1v) is 8.88. The Morgan fingerprint density at radius 1 is 0.864 bits per heavy atom. The van der Waals surface area contributed by atoms with Gasteiger partial charge in [-0.3, -0.25) is 0 Å². The molecule has 0 aliphatic heterocycles. The second-order valence-electron chi connectivity index (χ2n) is 5.90. The van der Waals surface area contributed by atoms with Gasteiger partial charge in [-0.15, -0.1) is 0 Å². The normalized spacial score (nSPS) is 11.2. The van der Waals surface area contributed by atoms with E-state index in [0.29, 0.717) is 0 Å². The summed E-state index contributed by atoms with van der Waals surface area (Å²) < 4.78 is 5.34. The second kappa shape index (κ2) is 13.4. The van der Waals surface area contributed by atoms with Gasteiger partial charge >= 0.3 is 0 Å². The molecule has 0 aromatic heterocycles. The fraction of sp³-hybridized carbons (Fsp3) is 0.600. The Hall–Kier alpha value is -1.28. The van der Waals surface area contributed by atoms with E-state index in [-0.39, 0.29) is 0 Å². The molecule has 2 nitrogen and oxygen atoms in total. The van der Waals surface area contributed by atoms with Crippen LogP contribution in [0.4, 0.5) is 0 Å². The second-order valence-corrected chi connectivity index (χ2v) is 5.90. The number of methoxy groups -OCH3 is 1. The predicted molar refractivity (Wildman–Crippen MR) is 97.3 cm³/mol. The van der Waals surface area contributed by atoms with E-state index in [4.69, 9.17) is 10.5 Å². The third kappa shape index (κ3) is 8.89. The molecular formula is C20H33NO. The lowest BCUT2D eigenvalue weighted by molar-refractivity contribution is 0.414. The molecule has 1 aromatic rings. The van der Waals surface area contributed by atoms with Crippen LogP contribution in [0.2, 0.25) is 0 Å². The molecule has 0 unspecified atom stereocenters. The number of hydrogen-bond acceptors (Lipinski definition) is 2. The van der Waals surface area contributed by atoms with Crippen LogP contribution in [0.3, 0.4) is 0 Å². The molecule has 1 rings (SSSR count). The van der Waals surface area contributed by atoms with Gasteiger partial charge in [-0.2, -0.15) is 0 Å². The third-order valence-electron chi connectivity index (χ3n) is 4.01. The number of nitrogens with two attached hydrogens (primary N) is 1. The molecule has 2 heteroatoms. The van der Waals surface area contributed by atoms with E-state index in [2.05, 4.69) is 24.3 Å². The summed E-state index contributed by atoms with van der Waals surface area (Å²) in [6.07, 6.45) is 17.6. The number of hydrogen-bond donors (Lipinski definition) is 1. The SMILES string of the molecule is COc1ccccc1C=CCCCCCCCCCCCN. The van der Waals surface area contributed by atoms with E-state index in [1.165, 1.54) is 63.4 Å². The van der Waals surface area contributed by atoms with Crippen molar-refractivity contribution in [2.24, 2.45) is 5.73 Å². The smallest absolute Gasteiger partial charge is 0.126 e. The average molecular weight is 303 g/mol. The fourth-order valence-corrected chi connectivity index (χ4v) is 2.66. The standard InChI is InChI=1S/C20H33NO/c1-22-20-17-13-12-16-19(20)15-11-9-7-5-3-2-4-6-8-10-14-18-21/h11-13,15-17H,2-10,14,18,21H2,1H3. The van der Waals surface area contributed by atoms with E-state index in [0.717, 1.165) is 18.7 Å². The highest BCUT2D eigenvalue weighted by Gasteiger charge is 1.96. The molecule has 0 saturated carbocycles. The number of unbranched alkanes of at least 4 members (excludes halogenated alkanes) is 9. The molecule has 22 heavy (non-hydrogen) atoms. The molecule has 0 heterocycles. The van der Waals surface area contributed by atoms with Gasteiger partial charge in [-0.05, 0) is 31.9 Å². The van der Waals surface area contributed by atoms with E-state index in [1.54, 1.807) is 7.11 Å². The first-order chi connectivity index (χ1) is 10.9. The average Bonchev–Trinajstić information content (AvgIpc) is 2.56. The maximum absolute atomic E-state index is 5.49. The summed E-state index contributed by atoms with van der Waals surface area (Å²) in [6.45, 7) is 0.850. The lowest BCUT2D eigenvalue weighted by Crippen LogP contribution is -1.97. The molecule has 2 N–H and O–H groups in total. The zero-order valence-corrected chi connectivity index (χ0v) is 14.2. The summed E-state index contributed by atoms with van der Waals surface area (Å²) in [5.41, 5.74) is 6.66. The van der Waals surface area contributed by atoms with Crippen molar-refractivity contribution in [3.8, 4) is 5.75 Å². The van der Waals surface area contributed by atoms with Gasteiger partial charge in [0.05, 0.1) is 7.11 Å². The molecule has 0 aliphatic rings. The maximum atomic E-state index is 5.49. The van der Waals surface area contributed by atoms with Crippen molar-refractivity contribution < 1.29 is 4.74 Å². The van der Waals surface area contributed by atoms with Crippen LogP contribution in [-0.4, -0.2) is 13.7 Å². The van der Waals surface area contributed by atoms with Crippen LogP contribution in [0.25, 0.3) is 6.08 Å². The topological polar surface area (TPSA) is 35.2 Å². The Labute approximate surface area is 136 Å². The molecule has 124 valence electrons. The minimum Gasteiger partial charge on any atom is -0.496 e. The quantitative estimate of drug-likeness (QED) is 0.484. The fourth-order valence-electron chi connectivity index (χ4n) is 2.66. The molecule has 0 saturated heterocycles. The Balaban J connectivity index is 1.98. The van der Waals surface area contributed by atoms with Crippen LogP contribution in [-0.2, 0) is 0 Å². The molecule has 0 radical (unpaired) electrons. The third-order valence-corrected chi connectivity index (χ3v) is 4.01. The minimum absolute atomic E-state index is 0.850. The molecule has 1 aromatic carbocycles. The van der Waals surface area contributed by atoms with Crippen molar-refractivity contribution >= 4 is 6.08 Å². The Morgan fingerprint density at radius 3 is 2.09 bits per heavy atom. The van der Waals surface area contributed by atoms with E-state index >= 15 is 0 Å². The molecule has 0 spiro atoms. The van der Waals surface area contributed by atoms with Gasteiger partial charge < -0.3 is 10.5 Å². The molecule has 0 atom stereocenters. The van der Waals surface area contributed by atoms with Gasteiger partial charge in [0.15, 0.2) is 0 Å². The molecule has 0 bridgehead atoms. The van der Waals surface area contributed by atoms with Gasteiger partial charge in [0.25, 0.3) is 0 Å². The van der Waals surface area contributed by atoms with Crippen molar-refractivity contribution in [3.63, 3.8) is 0 Å². The number of ether oxygens (including phenoxy) is 1. The van der Waals surface area contributed by atoms with Gasteiger partial charge in [0.1, 0.15) is 5.75 Å². The van der Waals surface area contributed by atoms with Gasteiger partial charge in [0.2, 0.25) is 0 Å². The maximum Gasteiger partial charge on any atom is 0.126 e. The van der Waals surface area contributed by atoms with E-state index in [1.807, 2.05) is 12.1 Å². The highest BCUT2D eigenvalue weighted by molar-refractivity contribution is 5.56. The first kappa shape index (κ1) is 18.8. The highest BCUT2D eigenvalue weighted by atomic mass is 16.5. The van der Waals surface area contributed by atoms with Gasteiger partial charge in [-0.1, -0.05) is 75.3 Å². The van der Waals surface area contributed by atoms with Crippen LogP contribution in [0.15, 0.2) is 30.3 Å². The van der Waals surface area contributed by atoms with Crippen molar-refractivity contribution in [1.82, 2.24) is 0 Å². The lowest BCUT2D eigenvalue weighted by Gasteiger charge is -2.03. The van der Waals surface area contributed by atoms with Crippen molar-refractivity contribution in [3.05, 3.63) is 35.9 Å². The number of para-hydroxylation sites is 1. The number of rotatable bonds is 13. The Bertz CT molecular complexity index is 400. The summed E-state index contributed by atoms with van der Waals surface area (Å²) >= 11 is 0. The number of allylic oxidation sites excluding steroid dienone is 1. The van der Waals surface area contributed by atoms with Crippen LogP contribution < -0.4 is 10.5 Å². The van der Waals surface area contributed by atoms with E-state index in [9.17, 15) is 0 Å². The van der Waals surface area contributed by atoms with Gasteiger partial charge in [0, 0.05) is 5.56 Å². The summed E-state index contributed by atoms with van der Waals surface area (Å²) in [6, 6.07) is 8.16. The minimum atomic E-state index is 0.850. The van der Waals surface area contributed by atoms with Crippen LogP contribution in [0.5, 0.6) is 5.75 Å². The Morgan fingerprint density at radius 2 is 1.45 bits per heavy atom. The van der Waals surface area contributed by atoms with Crippen molar-refractivity contribution in [2.75, 3.05) is 13.7 Å².